The summed E-state index contributed by atoms with van der Waals surface area (Å²) in [6.07, 6.45) is 29.9. The lowest BCUT2D eigenvalue weighted by molar-refractivity contribution is -0.141. The number of carbonyl (C=O) groups is 2. The number of benzene rings is 1. The van der Waals surface area contributed by atoms with Crippen LogP contribution in [-0.4, -0.2) is 23.0 Å². The molecule has 0 fully saturated rings. The van der Waals surface area contributed by atoms with Crippen molar-refractivity contribution in [2.75, 3.05) is 0 Å². The van der Waals surface area contributed by atoms with Crippen molar-refractivity contribution in [1.29, 1.82) is 0 Å². The molecule has 1 aromatic carbocycles. The van der Waals surface area contributed by atoms with Gasteiger partial charge in [-0.1, -0.05) is 139 Å². The maximum atomic E-state index is 12.2. The molecule has 1 amide bonds. The lowest BCUT2D eigenvalue weighted by Crippen LogP contribution is -2.42. The Labute approximate surface area is 227 Å². The van der Waals surface area contributed by atoms with E-state index in [2.05, 4.69) is 24.4 Å². The first kappa shape index (κ1) is 32.9. The van der Waals surface area contributed by atoms with E-state index in [-0.39, 0.29) is 5.91 Å². The normalized spacial score (nSPS) is 12.1. The number of unbranched alkanes of at least 4 members (excludes halogenated alkanes) is 17. The highest BCUT2D eigenvalue weighted by Crippen LogP contribution is 2.13. The summed E-state index contributed by atoms with van der Waals surface area (Å²) in [5, 5.41) is 12.1. The van der Waals surface area contributed by atoms with E-state index in [1.807, 2.05) is 30.3 Å². The van der Waals surface area contributed by atoms with Crippen LogP contribution in [0.3, 0.4) is 0 Å². The van der Waals surface area contributed by atoms with Crippen molar-refractivity contribution in [2.45, 2.75) is 148 Å². The molecule has 2 N–H and O–H groups in total. The standard InChI is InChI=1S/C33H55NO3/c1-2-3-4-5-6-7-8-9-10-11-12-13-14-15-16-17-18-19-20-21-25-28-32(35)34-31(33(36)37)29-30-26-23-22-24-27-30/h9-10,22-24,26-27,31H,2-8,11-21,25,28-29H2,1H3,(H,34,35)(H,36,37)/b10-9+. The highest BCUT2D eigenvalue weighted by molar-refractivity contribution is 5.83. The highest BCUT2D eigenvalue weighted by atomic mass is 16.4. The summed E-state index contributed by atoms with van der Waals surface area (Å²) < 4.78 is 0. The van der Waals surface area contributed by atoms with E-state index < -0.39 is 12.0 Å². The molecule has 1 rings (SSSR count). The summed E-state index contributed by atoms with van der Waals surface area (Å²) in [5.41, 5.74) is 0.918. The average Bonchev–Trinajstić information content (AvgIpc) is 2.89. The minimum atomic E-state index is -0.979. The van der Waals surface area contributed by atoms with Crippen LogP contribution in [0.15, 0.2) is 42.5 Å². The van der Waals surface area contributed by atoms with Crippen LogP contribution >= 0.6 is 0 Å². The second-order valence-electron chi connectivity index (χ2n) is 10.6. The van der Waals surface area contributed by atoms with Crippen molar-refractivity contribution in [3.05, 3.63) is 48.0 Å². The molecule has 0 aliphatic carbocycles. The van der Waals surface area contributed by atoms with Gasteiger partial charge in [0.2, 0.25) is 5.91 Å². The number of nitrogens with one attached hydrogen (secondary N) is 1. The van der Waals surface area contributed by atoms with E-state index >= 15 is 0 Å². The van der Waals surface area contributed by atoms with Crippen LogP contribution in [0.25, 0.3) is 0 Å². The second kappa shape index (κ2) is 24.2. The molecule has 0 saturated carbocycles. The molecule has 0 aliphatic rings. The predicted octanol–water partition coefficient (Wildman–Crippen LogP) is 9.18. The van der Waals surface area contributed by atoms with Gasteiger partial charge in [0.15, 0.2) is 0 Å². The zero-order chi connectivity index (χ0) is 26.8. The van der Waals surface area contributed by atoms with Crippen LogP contribution < -0.4 is 5.32 Å². The van der Waals surface area contributed by atoms with Gasteiger partial charge >= 0.3 is 5.97 Å². The van der Waals surface area contributed by atoms with E-state index in [1.54, 1.807) is 0 Å². The fourth-order valence-electron chi connectivity index (χ4n) is 4.73. The molecule has 1 unspecified atom stereocenters. The number of hydrogen-bond donors (Lipinski definition) is 2. The zero-order valence-electron chi connectivity index (χ0n) is 23.7. The third-order valence-corrected chi connectivity index (χ3v) is 7.08. The SMILES string of the molecule is CCCCCCCC/C=C/CCCCCCCCCCCCCC(=O)NC(Cc1ccccc1)C(=O)O. The Morgan fingerprint density at radius 2 is 1.16 bits per heavy atom. The van der Waals surface area contributed by atoms with Crippen molar-refractivity contribution >= 4 is 11.9 Å². The third kappa shape index (κ3) is 20.6. The van der Waals surface area contributed by atoms with Gasteiger partial charge in [0.1, 0.15) is 6.04 Å². The molecule has 0 bridgehead atoms. The third-order valence-electron chi connectivity index (χ3n) is 7.08. The van der Waals surface area contributed by atoms with Gasteiger partial charge in [-0.25, -0.2) is 4.79 Å². The number of aliphatic carboxylic acids is 1. The minimum Gasteiger partial charge on any atom is -0.480 e. The molecule has 0 saturated heterocycles. The van der Waals surface area contributed by atoms with Crippen LogP contribution in [0.4, 0.5) is 0 Å². The summed E-state index contributed by atoms with van der Waals surface area (Å²) in [6.45, 7) is 2.27. The van der Waals surface area contributed by atoms with Gasteiger partial charge in [0.25, 0.3) is 0 Å². The molecule has 0 radical (unpaired) electrons. The molecule has 0 heterocycles. The largest absolute Gasteiger partial charge is 0.480 e. The van der Waals surface area contributed by atoms with E-state index in [1.165, 1.54) is 103 Å². The Morgan fingerprint density at radius 1 is 0.703 bits per heavy atom. The Bertz CT molecular complexity index is 701. The van der Waals surface area contributed by atoms with Gasteiger partial charge in [0, 0.05) is 12.8 Å². The number of carbonyl (C=O) groups excluding carboxylic acids is 1. The highest BCUT2D eigenvalue weighted by Gasteiger charge is 2.19. The topological polar surface area (TPSA) is 66.4 Å². The summed E-state index contributed by atoms with van der Waals surface area (Å²) >= 11 is 0. The van der Waals surface area contributed by atoms with Crippen LogP contribution in [0.1, 0.15) is 141 Å². The maximum absolute atomic E-state index is 12.2. The van der Waals surface area contributed by atoms with Crippen molar-refractivity contribution in [3.63, 3.8) is 0 Å². The predicted molar refractivity (Wildman–Crippen MR) is 157 cm³/mol. The average molecular weight is 514 g/mol. The summed E-state index contributed by atoms with van der Waals surface area (Å²) in [7, 11) is 0. The molecule has 0 aromatic heterocycles. The molecular formula is C33H55NO3. The smallest absolute Gasteiger partial charge is 0.326 e. The maximum Gasteiger partial charge on any atom is 0.326 e. The number of rotatable bonds is 25. The lowest BCUT2D eigenvalue weighted by Gasteiger charge is -2.14. The fourth-order valence-corrected chi connectivity index (χ4v) is 4.73. The van der Waals surface area contributed by atoms with Crippen LogP contribution in [0.5, 0.6) is 0 Å². The lowest BCUT2D eigenvalue weighted by atomic mass is 10.0. The summed E-state index contributed by atoms with van der Waals surface area (Å²) in [6, 6.07) is 8.58. The number of carboxylic acids is 1. The monoisotopic (exact) mass is 513 g/mol. The quantitative estimate of drug-likeness (QED) is 0.101. The number of carboxylic acid groups (broad SMARTS) is 1. The molecule has 1 aromatic rings. The van der Waals surface area contributed by atoms with Crippen LogP contribution in [0.2, 0.25) is 0 Å². The zero-order valence-corrected chi connectivity index (χ0v) is 23.7. The molecular weight excluding hydrogens is 458 g/mol. The number of amides is 1. The van der Waals surface area contributed by atoms with Gasteiger partial charge in [-0.3, -0.25) is 4.79 Å². The van der Waals surface area contributed by atoms with Gasteiger partial charge in [-0.2, -0.15) is 0 Å². The Balaban J connectivity index is 1.86. The molecule has 210 valence electrons. The van der Waals surface area contributed by atoms with Gasteiger partial charge < -0.3 is 10.4 Å². The molecule has 37 heavy (non-hydrogen) atoms. The van der Waals surface area contributed by atoms with Gasteiger partial charge in [-0.15, -0.1) is 0 Å². The fraction of sp³-hybridized carbons (Fsp3) is 0.697. The second-order valence-corrected chi connectivity index (χ2v) is 10.6. The van der Waals surface area contributed by atoms with Gasteiger partial charge in [-0.05, 0) is 37.7 Å². The van der Waals surface area contributed by atoms with E-state index in [0.29, 0.717) is 12.8 Å². The molecule has 0 aliphatic heterocycles. The Kier molecular flexibility index (Phi) is 21.6. The van der Waals surface area contributed by atoms with Crippen molar-refractivity contribution in [3.8, 4) is 0 Å². The minimum absolute atomic E-state index is 0.156. The Morgan fingerprint density at radius 3 is 1.65 bits per heavy atom. The van der Waals surface area contributed by atoms with Crippen molar-refractivity contribution in [2.24, 2.45) is 0 Å². The molecule has 4 nitrogen and oxygen atoms in total. The van der Waals surface area contributed by atoms with Crippen molar-refractivity contribution < 1.29 is 14.7 Å². The van der Waals surface area contributed by atoms with E-state index in [4.69, 9.17) is 0 Å². The van der Waals surface area contributed by atoms with E-state index in [9.17, 15) is 14.7 Å². The number of hydrogen-bond acceptors (Lipinski definition) is 2. The van der Waals surface area contributed by atoms with Crippen molar-refractivity contribution in [1.82, 2.24) is 5.32 Å². The molecule has 0 spiro atoms. The summed E-state index contributed by atoms with van der Waals surface area (Å²) in [4.78, 5) is 23.7. The summed E-state index contributed by atoms with van der Waals surface area (Å²) in [5.74, 6) is -1.13. The number of allylic oxidation sites excluding steroid dienone is 2. The first-order chi connectivity index (χ1) is 18.1. The van der Waals surface area contributed by atoms with Crippen LogP contribution in [0, 0.1) is 0 Å². The van der Waals surface area contributed by atoms with Gasteiger partial charge in [0.05, 0.1) is 0 Å². The van der Waals surface area contributed by atoms with E-state index in [0.717, 1.165) is 24.8 Å². The Hall–Kier alpha value is -2.10. The first-order valence-corrected chi connectivity index (χ1v) is 15.3. The molecule has 1 atom stereocenters. The molecule has 4 heteroatoms. The first-order valence-electron chi connectivity index (χ1n) is 15.3. The van der Waals surface area contributed by atoms with Crippen LogP contribution in [-0.2, 0) is 16.0 Å².